The molecule has 0 aliphatic rings. The number of carbonyl (C=O) groups is 1. The number of benzene rings is 2. The van der Waals surface area contributed by atoms with Crippen LogP contribution in [0.2, 0.25) is 0 Å². The minimum absolute atomic E-state index is 0.0568. The molecule has 0 amide bonds. The third kappa shape index (κ3) is 4.20. The number of carbonyl (C=O) groups excluding carboxylic acids is 1. The number of rotatable bonds is 6. The molecule has 2 aromatic rings. The van der Waals surface area contributed by atoms with E-state index in [0.717, 1.165) is 23.1 Å². The lowest BCUT2D eigenvalue weighted by Crippen LogP contribution is -2.01. The summed E-state index contributed by atoms with van der Waals surface area (Å²) in [7, 11) is 0. The molecule has 0 unspecified atom stereocenters. The molecule has 0 N–H and O–H groups in total. The standard InChI is InChI=1S/C17H17BrO2/c1-13(19)15-9-10-17(16(18)12-15)20-11-5-8-14-6-3-2-4-7-14/h2-4,6-7,9-10,12H,5,8,11H2,1H3. The topological polar surface area (TPSA) is 26.3 Å². The molecule has 3 heteroatoms. The zero-order chi connectivity index (χ0) is 14.4. The summed E-state index contributed by atoms with van der Waals surface area (Å²) in [6.07, 6.45) is 1.97. The molecule has 0 spiro atoms. The molecule has 0 bridgehead atoms. The molecule has 0 aliphatic carbocycles. The summed E-state index contributed by atoms with van der Waals surface area (Å²) >= 11 is 3.44. The first-order valence-corrected chi connectivity index (χ1v) is 7.43. The first kappa shape index (κ1) is 14.8. The van der Waals surface area contributed by atoms with E-state index in [-0.39, 0.29) is 5.78 Å². The Morgan fingerprint density at radius 3 is 2.55 bits per heavy atom. The molecule has 2 nitrogen and oxygen atoms in total. The first-order chi connectivity index (χ1) is 9.66. The third-order valence-electron chi connectivity index (χ3n) is 3.05. The van der Waals surface area contributed by atoms with Crippen LogP contribution in [-0.4, -0.2) is 12.4 Å². The predicted molar refractivity (Wildman–Crippen MR) is 84.4 cm³/mol. The lowest BCUT2D eigenvalue weighted by molar-refractivity contribution is 0.101. The smallest absolute Gasteiger partial charge is 0.159 e. The second kappa shape index (κ2) is 7.25. The van der Waals surface area contributed by atoms with Gasteiger partial charge >= 0.3 is 0 Å². The molecule has 0 atom stereocenters. The van der Waals surface area contributed by atoms with Gasteiger partial charge in [-0.15, -0.1) is 0 Å². The van der Waals surface area contributed by atoms with E-state index in [9.17, 15) is 4.79 Å². The van der Waals surface area contributed by atoms with E-state index < -0.39 is 0 Å². The maximum absolute atomic E-state index is 11.3. The number of hydrogen-bond donors (Lipinski definition) is 0. The van der Waals surface area contributed by atoms with Gasteiger partial charge in [0.15, 0.2) is 5.78 Å². The van der Waals surface area contributed by atoms with E-state index in [1.807, 2.05) is 24.3 Å². The Morgan fingerprint density at radius 2 is 1.90 bits per heavy atom. The molecule has 2 rings (SSSR count). The molecule has 0 radical (unpaired) electrons. The number of aryl methyl sites for hydroxylation is 1. The van der Waals surface area contributed by atoms with Crippen LogP contribution in [0.3, 0.4) is 0 Å². The monoisotopic (exact) mass is 332 g/mol. The first-order valence-electron chi connectivity index (χ1n) is 6.64. The van der Waals surface area contributed by atoms with Crippen molar-refractivity contribution >= 4 is 21.7 Å². The highest BCUT2D eigenvalue weighted by molar-refractivity contribution is 9.10. The number of ketones is 1. The Balaban J connectivity index is 1.84. The van der Waals surface area contributed by atoms with Crippen molar-refractivity contribution in [3.8, 4) is 5.75 Å². The second-order valence-electron chi connectivity index (χ2n) is 4.64. The van der Waals surface area contributed by atoms with Crippen LogP contribution < -0.4 is 4.74 Å². The highest BCUT2D eigenvalue weighted by Gasteiger charge is 2.05. The van der Waals surface area contributed by atoms with Gasteiger partial charge in [0.1, 0.15) is 5.75 Å². The minimum atomic E-state index is 0.0568. The van der Waals surface area contributed by atoms with E-state index >= 15 is 0 Å². The number of halogens is 1. The molecule has 104 valence electrons. The van der Waals surface area contributed by atoms with Crippen LogP contribution in [0.5, 0.6) is 5.75 Å². The van der Waals surface area contributed by atoms with Crippen LogP contribution in [0.15, 0.2) is 53.0 Å². The average Bonchev–Trinajstić information content (AvgIpc) is 2.46. The van der Waals surface area contributed by atoms with E-state index in [2.05, 4.69) is 28.1 Å². The molecule has 0 aromatic heterocycles. The molecule has 0 fully saturated rings. The number of ether oxygens (including phenoxy) is 1. The van der Waals surface area contributed by atoms with Crippen molar-refractivity contribution < 1.29 is 9.53 Å². The average molecular weight is 333 g/mol. The summed E-state index contributed by atoms with van der Waals surface area (Å²) in [4.78, 5) is 11.3. The van der Waals surface area contributed by atoms with Crippen LogP contribution in [0, 0.1) is 0 Å². The van der Waals surface area contributed by atoms with Crippen LogP contribution in [0.4, 0.5) is 0 Å². The maximum Gasteiger partial charge on any atom is 0.159 e. The minimum Gasteiger partial charge on any atom is -0.492 e. The van der Waals surface area contributed by atoms with E-state index in [1.165, 1.54) is 5.56 Å². The molecule has 0 aliphatic heterocycles. The lowest BCUT2D eigenvalue weighted by Gasteiger charge is -2.09. The van der Waals surface area contributed by atoms with Crippen molar-refractivity contribution in [3.63, 3.8) is 0 Å². The van der Waals surface area contributed by atoms with Crippen LogP contribution in [-0.2, 0) is 6.42 Å². The Labute approximate surface area is 127 Å². The van der Waals surface area contributed by atoms with E-state index in [1.54, 1.807) is 19.1 Å². The summed E-state index contributed by atoms with van der Waals surface area (Å²) in [6, 6.07) is 15.8. The van der Waals surface area contributed by atoms with Crippen LogP contribution in [0.25, 0.3) is 0 Å². The van der Waals surface area contributed by atoms with Crippen LogP contribution in [0.1, 0.15) is 29.3 Å². The molecule has 20 heavy (non-hydrogen) atoms. The molecule has 0 heterocycles. The predicted octanol–water partition coefficient (Wildman–Crippen LogP) is 4.66. The largest absolute Gasteiger partial charge is 0.492 e. The molecular weight excluding hydrogens is 316 g/mol. The maximum atomic E-state index is 11.3. The number of Topliss-reactive ketones (excluding diaryl/α,β-unsaturated/α-hetero) is 1. The van der Waals surface area contributed by atoms with Crippen molar-refractivity contribution in [3.05, 3.63) is 64.1 Å². The summed E-state index contributed by atoms with van der Waals surface area (Å²) in [5.41, 5.74) is 2.01. The summed E-state index contributed by atoms with van der Waals surface area (Å²) in [5.74, 6) is 0.837. The highest BCUT2D eigenvalue weighted by atomic mass is 79.9. The van der Waals surface area contributed by atoms with Gasteiger partial charge < -0.3 is 4.74 Å². The summed E-state index contributed by atoms with van der Waals surface area (Å²) in [6.45, 7) is 2.22. The molecular formula is C17H17BrO2. The zero-order valence-corrected chi connectivity index (χ0v) is 13.0. The van der Waals surface area contributed by atoms with Gasteiger partial charge in [-0.2, -0.15) is 0 Å². The van der Waals surface area contributed by atoms with Crippen molar-refractivity contribution in [2.75, 3.05) is 6.61 Å². The number of hydrogen-bond acceptors (Lipinski definition) is 2. The van der Waals surface area contributed by atoms with Gasteiger partial charge in [0.25, 0.3) is 0 Å². The normalized spacial score (nSPS) is 10.3. The van der Waals surface area contributed by atoms with Crippen molar-refractivity contribution in [1.82, 2.24) is 0 Å². The van der Waals surface area contributed by atoms with Gasteiger partial charge in [0.05, 0.1) is 11.1 Å². The summed E-state index contributed by atoms with van der Waals surface area (Å²) < 4.78 is 6.56. The lowest BCUT2D eigenvalue weighted by atomic mass is 10.1. The zero-order valence-electron chi connectivity index (χ0n) is 11.4. The van der Waals surface area contributed by atoms with Gasteiger partial charge in [-0.25, -0.2) is 0 Å². The molecule has 0 saturated carbocycles. The molecule has 2 aromatic carbocycles. The van der Waals surface area contributed by atoms with Gasteiger partial charge in [0, 0.05) is 5.56 Å². The van der Waals surface area contributed by atoms with Crippen molar-refractivity contribution in [2.45, 2.75) is 19.8 Å². The fourth-order valence-electron chi connectivity index (χ4n) is 1.94. The summed E-state index contributed by atoms with van der Waals surface area (Å²) in [5, 5.41) is 0. The fraction of sp³-hybridized carbons (Fsp3) is 0.235. The van der Waals surface area contributed by atoms with Gasteiger partial charge in [-0.1, -0.05) is 30.3 Å². The van der Waals surface area contributed by atoms with Gasteiger partial charge in [-0.3, -0.25) is 4.79 Å². The van der Waals surface area contributed by atoms with Gasteiger partial charge in [-0.05, 0) is 59.5 Å². The Kier molecular flexibility index (Phi) is 5.36. The molecule has 0 saturated heterocycles. The highest BCUT2D eigenvalue weighted by Crippen LogP contribution is 2.26. The van der Waals surface area contributed by atoms with E-state index in [4.69, 9.17) is 4.74 Å². The van der Waals surface area contributed by atoms with Crippen molar-refractivity contribution in [1.29, 1.82) is 0 Å². The Hall–Kier alpha value is -1.61. The van der Waals surface area contributed by atoms with Gasteiger partial charge in [0.2, 0.25) is 0 Å². The third-order valence-corrected chi connectivity index (χ3v) is 3.67. The Bertz CT molecular complexity index is 579. The SMILES string of the molecule is CC(=O)c1ccc(OCCCc2ccccc2)c(Br)c1. The fourth-order valence-corrected chi connectivity index (χ4v) is 2.43. The van der Waals surface area contributed by atoms with Crippen molar-refractivity contribution in [2.24, 2.45) is 0 Å². The van der Waals surface area contributed by atoms with Crippen LogP contribution >= 0.6 is 15.9 Å². The second-order valence-corrected chi connectivity index (χ2v) is 5.49. The van der Waals surface area contributed by atoms with E-state index in [0.29, 0.717) is 12.2 Å². The quantitative estimate of drug-likeness (QED) is 0.567. The Morgan fingerprint density at radius 1 is 1.15 bits per heavy atom.